The standard InChI is InChI=1S/C82H160O17P2/c1-9-74(7)60-52-44-36-28-24-20-15-13-11-12-14-16-22-26-30-39-48-56-64-81(86)98-78(69-93-80(85)63-55-47-41-33-35-43-51-59-73(5)6)71-97-101(90,91)95-67-76(83)66-94-100(88,89)96-70-77(99-82(87)65-57-49-40-32-31-37-45-53-61-75(8)10-2)68-92-79(84)62-54-46-38-29-25-21-18-17-19-23-27-34-42-50-58-72(3)4/h72-78,83H,9-71H2,1-8H3,(H,88,89)(H,90,91)/t74?,75?,76?,77-,78-/m1/s1. The minimum Gasteiger partial charge on any atom is -0.462 e. The number of unbranched alkanes of at least 4 members (excludes halogenated alkanes) is 43. The third kappa shape index (κ3) is 73.4. The summed E-state index contributed by atoms with van der Waals surface area (Å²) in [5.41, 5.74) is 0. The smallest absolute Gasteiger partial charge is 0.462 e. The number of hydrogen-bond donors (Lipinski definition) is 3. The topological polar surface area (TPSA) is 237 Å². The normalized spacial score (nSPS) is 14.5. The molecular weight excluding hydrogens is 1320 g/mol. The summed E-state index contributed by atoms with van der Waals surface area (Å²) in [5, 5.41) is 10.6. The van der Waals surface area contributed by atoms with Crippen LogP contribution in [0.3, 0.4) is 0 Å². The molecule has 0 saturated carbocycles. The van der Waals surface area contributed by atoms with Crippen molar-refractivity contribution in [2.24, 2.45) is 23.7 Å². The number of phosphoric ester groups is 2. The monoisotopic (exact) mass is 1480 g/mol. The number of carbonyl (C=O) groups excluding carboxylic acids is 4. The van der Waals surface area contributed by atoms with Gasteiger partial charge in [-0.2, -0.15) is 0 Å². The highest BCUT2D eigenvalue weighted by molar-refractivity contribution is 7.47. The van der Waals surface area contributed by atoms with E-state index in [-0.39, 0.29) is 25.7 Å². The molecule has 3 N–H and O–H groups in total. The zero-order valence-corrected chi connectivity index (χ0v) is 68.3. The molecule has 0 rings (SSSR count). The molecule has 0 aliphatic rings. The van der Waals surface area contributed by atoms with Crippen molar-refractivity contribution in [2.75, 3.05) is 39.6 Å². The Morgan fingerprint density at radius 3 is 0.703 bits per heavy atom. The van der Waals surface area contributed by atoms with Crippen molar-refractivity contribution in [3.8, 4) is 0 Å². The van der Waals surface area contributed by atoms with Crippen LogP contribution < -0.4 is 0 Å². The molecule has 0 saturated heterocycles. The molecule has 0 amide bonds. The van der Waals surface area contributed by atoms with E-state index in [1.165, 1.54) is 218 Å². The summed E-state index contributed by atoms with van der Waals surface area (Å²) in [4.78, 5) is 73.0. The number of aliphatic hydroxyl groups excluding tert-OH is 1. The summed E-state index contributed by atoms with van der Waals surface area (Å²) >= 11 is 0. The Morgan fingerprint density at radius 1 is 0.277 bits per heavy atom. The van der Waals surface area contributed by atoms with E-state index in [0.29, 0.717) is 31.6 Å². The van der Waals surface area contributed by atoms with Crippen LogP contribution in [0.1, 0.15) is 421 Å². The van der Waals surface area contributed by atoms with Crippen molar-refractivity contribution in [3.63, 3.8) is 0 Å². The number of phosphoric acid groups is 2. The Kier molecular flexibility index (Phi) is 69.6. The molecule has 17 nitrogen and oxygen atoms in total. The maximum Gasteiger partial charge on any atom is 0.472 e. The second-order valence-electron chi connectivity index (χ2n) is 31.0. The highest BCUT2D eigenvalue weighted by Gasteiger charge is 2.30. The predicted molar refractivity (Wildman–Crippen MR) is 414 cm³/mol. The van der Waals surface area contributed by atoms with E-state index < -0.39 is 97.5 Å². The minimum absolute atomic E-state index is 0.105. The molecule has 0 spiro atoms. The Balaban J connectivity index is 5.18. The summed E-state index contributed by atoms with van der Waals surface area (Å²) in [6.07, 6.45) is 58.4. The SMILES string of the molecule is CCC(C)CCCCCCCCCCCCCCCCCCCCC(=O)O[C@H](COC(=O)CCCCCCCCCC(C)C)COP(=O)(O)OCC(O)COP(=O)(O)OC[C@@H](COC(=O)CCCCCCCCCCCCCCCCC(C)C)OC(=O)CCCCCCCCCCC(C)CC. The molecule has 0 aromatic rings. The number of carbonyl (C=O) groups is 4. The maximum atomic E-state index is 13.1. The first-order chi connectivity index (χ1) is 48.7. The summed E-state index contributed by atoms with van der Waals surface area (Å²) in [6, 6.07) is 0. The summed E-state index contributed by atoms with van der Waals surface area (Å²) in [6.45, 7) is 14.3. The minimum atomic E-state index is -4.96. The van der Waals surface area contributed by atoms with Crippen LogP contribution in [0, 0.1) is 23.7 Å². The summed E-state index contributed by atoms with van der Waals surface area (Å²) in [5.74, 6) is 1.03. The highest BCUT2D eigenvalue weighted by atomic mass is 31.2. The fourth-order valence-electron chi connectivity index (χ4n) is 12.5. The van der Waals surface area contributed by atoms with Gasteiger partial charge in [-0.15, -0.1) is 0 Å². The van der Waals surface area contributed by atoms with Crippen LogP contribution in [0.5, 0.6) is 0 Å². The van der Waals surface area contributed by atoms with E-state index in [1.54, 1.807) is 0 Å². The van der Waals surface area contributed by atoms with Gasteiger partial charge >= 0.3 is 39.5 Å². The Morgan fingerprint density at radius 2 is 0.475 bits per heavy atom. The van der Waals surface area contributed by atoms with Crippen molar-refractivity contribution in [1.29, 1.82) is 0 Å². The van der Waals surface area contributed by atoms with Gasteiger partial charge in [-0.25, -0.2) is 9.13 Å². The van der Waals surface area contributed by atoms with Crippen LogP contribution in [0.25, 0.3) is 0 Å². The highest BCUT2D eigenvalue weighted by Crippen LogP contribution is 2.45. The van der Waals surface area contributed by atoms with Crippen LogP contribution in [0.4, 0.5) is 0 Å². The summed E-state index contributed by atoms with van der Waals surface area (Å²) in [7, 11) is -9.92. The first-order valence-electron chi connectivity index (χ1n) is 42.3. The molecule has 19 heteroatoms. The van der Waals surface area contributed by atoms with E-state index in [9.17, 15) is 43.2 Å². The average molecular weight is 1480 g/mol. The number of hydrogen-bond acceptors (Lipinski definition) is 15. The van der Waals surface area contributed by atoms with Gasteiger partial charge in [-0.05, 0) is 49.4 Å². The molecule has 0 aromatic carbocycles. The Hall–Kier alpha value is -1.94. The van der Waals surface area contributed by atoms with Gasteiger partial charge in [-0.1, -0.05) is 370 Å². The van der Waals surface area contributed by atoms with Crippen LogP contribution in [0.15, 0.2) is 0 Å². The van der Waals surface area contributed by atoms with Crippen LogP contribution in [-0.2, 0) is 65.4 Å². The molecule has 0 bridgehead atoms. The Labute approximate surface area is 619 Å². The van der Waals surface area contributed by atoms with Gasteiger partial charge in [0.25, 0.3) is 0 Å². The number of aliphatic hydroxyl groups is 1. The van der Waals surface area contributed by atoms with Crippen LogP contribution in [-0.4, -0.2) is 96.7 Å². The van der Waals surface area contributed by atoms with Gasteiger partial charge in [0.15, 0.2) is 12.2 Å². The lowest BCUT2D eigenvalue weighted by atomic mass is 9.99. The van der Waals surface area contributed by atoms with Gasteiger partial charge in [0.1, 0.15) is 19.3 Å². The van der Waals surface area contributed by atoms with E-state index in [0.717, 1.165) is 114 Å². The van der Waals surface area contributed by atoms with Gasteiger partial charge in [0.05, 0.1) is 26.4 Å². The second kappa shape index (κ2) is 71.0. The molecule has 0 radical (unpaired) electrons. The number of rotatable bonds is 79. The quantitative estimate of drug-likeness (QED) is 0.0222. The molecular formula is C82H160O17P2. The first kappa shape index (κ1) is 99.1. The molecule has 0 aromatic heterocycles. The van der Waals surface area contributed by atoms with Crippen molar-refractivity contribution in [1.82, 2.24) is 0 Å². The third-order valence-electron chi connectivity index (χ3n) is 19.8. The fourth-order valence-corrected chi connectivity index (χ4v) is 14.1. The largest absolute Gasteiger partial charge is 0.472 e. The van der Waals surface area contributed by atoms with Crippen molar-refractivity contribution < 1.29 is 80.2 Å². The van der Waals surface area contributed by atoms with Gasteiger partial charge < -0.3 is 33.8 Å². The predicted octanol–water partition coefficient (Wildman–Crippen LogP) is 24.4. The van der Waals surface area contributed by atoms with Crippen LogP contribution in [0.2, 0.25) is 0 Å². The molecule has 600 valence electrons. The van der Waals surface area contributed by atoms with Gasteiger partial charge in [-0.3, -0.25) is 37.3 Å². The lowest BCUT2D eigenvalue weighted by Gasteiger charge is -2.21. The maximum absolute atomic E-state index is 13.1. The van der Waals surface area contributed by atoms with Crippen LogP contribution >= 0.6 is 15.6 Å². The number of ether oxygens (including phenoxy) is 4. The molecule has 0 fully saturated rings. The van der Waals surface area contributed by atoms with Crippen molar-refractivity contribution in [3.05, 3.63) is 0 Å². The number of esters is 4. The molecule has 0 aliphatic carbocycles. The van der Waals surface area contributed by atoms with Gasteiger partial charge in [0.2, 0.25) is 0 Å². The molecule has 101 heavy (non-hydrogen) atoms. The zero-order valence-electron chi connectivity index (χ0n) is 66.5. The second-order valence-corrected chi connectivity index (χ2v) is 33.9. The lowest BCUT2D eigenvalue weighted by molar-refractivity contribution is -0.161. The fraction of sp³-hybridized carbons (Fsp3) is 0.951. The van der Waals surface area contributed by atoms with Crippen molar-refractivity contribution >= 4 is 39.5 Å². The first-order valence-corrected chi connectivity index (χ1v) is 45.3. The van der Waals surface area contributed by atoms with E-state index >= 15 is 0 Å². The van der Waals surface area contributed by atoms with E-state index in [1.807, 2.05) is 0 Å². The summed E-state index contributed by atoms with van der Waals surface area (Å²) < 4.78 is 68.7. The zero-order chi connectivity index (χ0) is 74.6. The van der Waals surface area contributed by atoms with E-state index in [2.05, 4.69) is 55.4 Å². The lowest BCUT2D eigenvalue weighted by Crippen LogP contribution is -2.30. The Bertz CT molecular complexity index is 1980. The van der Waals surface area contributed by atoms with Crippen molar-refractivity contribution in [2.45, 2.75) is 440 Å². The molecule has 0 heterocycles. The average Bonchev–Trinajstić information content (AvgIpc) is 0.948. The molecule has 7 atom stereocenters. The molecule has 5 unspecified atom stereocenters. The van der Waals surface area contributed by atoms with E-state index in [4.69, 9.17) is 37.0 Å². The third-order valence-corrected chi connectivity index (χ3v) is 21.7. The van der Waals surface area contributed by atoms with Gasteiger partial charge in [0, 0.05) is 25.7 Å². The molecule has 0 aliphatic heterocycles.